The fourth-order valence-electron chi connectivity index (χ4n) is 1.69. The van der Waals surface area contributed by atoms with E-state index >= 15 is 0 Å². The molecule has 2 rings (SSSR count). The Kier molecular flexibility index (Phi) is 3.27. The average molecular weight is 236 g/mol. The highest BCUT2D eigenvalue weighted by Crippen LogP contribution is 2.24. The number of nitrogens with zero attached hydrogens (tertiary/aromatic N) is 1. The molecule has 16 heavy (non-hydrogen) atoms. The Morgan fingerprint density at radius 1 is 1.44 bits per heavy atom. The molecule has 84 valence electrons. The fourth-order valence-corrected chi connectivity index (χ4v) is 1.87. The van der Waals surface area contributed by atoms with E-state index in [-0.39, 0.29) is 6.04 Å². The molecule has 2 N–H and O–H groups in total. The van der Waals surface area contributed by atoms with Crippen LogP contribution in [0, 0.1) is 6.92 Å². The van der Waals surface area contributed by atoms with Crippen LogP contribution in [-0.4, -0.2) is 17.0 Å². The Bertz CT molecular complexity index is 465. The molecule has 0 saturated heterocycles. The van der Waals surface area contributed by atoms with Crippen molar-refractivity contribution in [3.05, 3.63) is 52.6 Å². The van der Waals surface area contributed by atoms with Gasteiger partial charge in [0, 0.05) is 17.4 Å². The maximum Gasteiger partial charge on any atom is 0.127 e. The van der Waals surface area contributed by atoms with Gasteiger partial charge in [-0.3, -0.25) is 0 Å². The number of aromatic amines is 1. The molecular weight excluding hydrogens is 222 g/mol. The molecule has 1 unspecified atom stereocenters. The van der Waals surface area contributed by atoms with Crippen LogP contribution in [-0.2, 0) is 0 Å². The van der Waals surface area contributed by atoms with Gasteiger partial charge in [0.25, 0.3) is 0 Å². The first-order chi connectivity index (χ1) is 7.72. The monoisotopic (exact) mass is 235 g/mol. The lowest BCUT2D eigenvalue weighted by atomic mass is 10.0. The van der Waals surface area contributed by atoms with Gasteiger partial charge in [0.2, 0.25) is 0 Å². The van der Waals surface area contributed by atoms with Crippen molar-refractivity contribution >= 4 is 11.6 Å². The number of aryl methyl sites for hydroxylation is 1. The van der Waals surface area contributed by atoms with E-state index in [2.05, 4.69) is 21.4 Å². The van der Waals surface area contributed by atoms with Gasteiger partial charge >= 0.3 is 0 Å². The van der Waals surface area contributed by atoms with Crippen molar-refractivity contribution in [3.8, 4) is 0 Å². The van der Waals surface area contributed by atoms with Crippen molar-refractivity contribution in [2.24, 2.45) is 0 Å². The van der Waals surface area contributed by atoms with Crippen molar-refractivity contribution in [2.45, 2.75) is 13.0 Å². The predicted octanol–water partition coefficient (Wildman–Crippen LogP) is 2.68. The van der Waals surface area contributed by atoms with Crippen molar-refractivity contribution < 1.29 is 0 Å². The minimum atomic E-state index is 0.0492. The third-order valence-electron chi connectivity index (χ3n) is 2.61. The third kappa shape index (κ3) is 2.10. The summed E-state index contributed by atoms with van der Waals surface area (Å²) in [7, 11) is 1.90. The highest BCUT2D eigenvalue weighted by molar-refractivity contribution is 6.31. The van der Waals surface area contributed by atoms with E-state index in [4.69, 9.17) is 11.6 Å². The summed E-state index contributed by atoms with van der Waals surface area (Å²) in [6.07, 6.45) is 3.56. The van der Waals surface area contributed by atoms with Crippen LogP contribution in [0.3, 0.4) is 0 Å². The zero-order valence-electron chi connectivity index (χ0n) is 9.29. The summed E-state index contributed by atoms with van der Waals surface area (Å²) in [5.41, 5.74) is 2.19. The van der Waals surface area contributed by atoms with Gasteiger partial charge < -0.3 is 10.3 Å². The number of benzene rings is 1. The average Bonchev–Trinajstić information content (AvgIpc) is 2.78. The molecule has 2 aromatic rings. The van der Waals surface area contributed by atoms with E-state index in [1.54, 1.807) is 6.20 Å². The van der Waals surface area contributed by atoms with Crippen LogP contribution in [0.2, 0.25) is 5.02 Å². The fraction of sp³-hybridized carbons (Fsp3) is 0.250. The second-order valence-corrected chi connectivity index (χ2v) is 4.11. The van der Waals surface area contributed by atoms with Gasteiger partial charge in [-0.15, -0.1) is 0 Å². The summed E-state index contributed by atoms with van der Waals surface area (Å²) in [4.78, 5) is 7.36. The Labute approximate surface area is 99.9 Å². The molecule has 0 amide bonds. The molecule has 0 spiro atoms. The zero-order valence-corrected chi connectivity index (χ0v) is 10.0. The number of imidazole rings is 1. The SMILES string of the molecule is CNC(c1ccc(C)c(Cl)c1)c1ncc[nH]1. The Balaban J connectivity index is 2.37. The van der Waals surface area contributed by atoms with Crippen LogP contribution in [0.1, 0.15) is 23.0 Å². The van der Waals surface area contributed by atoms with Gasteiger partial charge in [0.15, 0.2) is 0 Å². The summed E-state index contributed by atoms with van der Waals surface area (Å²) in [6, 6.07) is 6.10. The van der Waals surface area contributed by atoms with Crippen molar-refractivity contribution in [3.63, 3.8) is 0 Å². The number of hydrogen-bond donors (Lipinski definition) is 2. The number of hydrogen-bond acceptors (Lipinski definition) is 2. The van der Waals surface area contributed by atoms with Gasteiger partial charge in [-0.1, -0.05) is 23.7 Å². The molecule has 0 aliphatic carbocycles. The molecule has 0 aliphatic heterocycles. The number of rotatable bonds is 3. The second-order valence-electron chi connectivity index (χ2n) is 3.70. The van der Waals surface area contributed by atoms with Crippen molar-refractivity contribution in [1.29, 1.82) is 0 Å². The van der Waals surface area contributed by atoms with Gasteiger partial charge in [-0.2, -0.15) is 0 Å². The van der Waals surface area contributed by atoms with Crippen LogP contribution in [0.25, 0.3) is 0 Å². The smallest absolute Gasteiger partial charge is 0.127 e. The molecule has 1 atom stereocenters. The largest absolute Gasteiger partial charge is 0.347 e. The van der Waals surface area contributed by atoms with Crippen molar-refractivity contribution in [1.82, 2.24) is 15.3 Å². The first-order valence-corrected chi connectivity index (χ1v) is 5.52. The highest BCUT2D eigenvalue weighted by Gasteiger charge is 2.14. The second kappa shape index (κ2) is 4.68. The number of halogens is 1. The molecule has 0 saturated carbocycles. The van der Waals surface area contributed by atoms with E-state index in [0.29, 0.717) is 0 Å². The first-order valence-electron chi connectivity index (χ1n) is 5.15. The standard InChI is InChI=1S/C12H14ClN3/c1-8-3-4-9(7-10(8)13)11(14-2)12-15-5-6-16-12/h3-7,11,14H,1-2H3,(H,15,16). The quantitative estimate of drug-likeness (QED) is 0.859. The maximum absolute atomic E-state index is 6.12. The first kappa shape index (κ1) is 11.2. The lowest BCUT2D eigenvalue weighted by Crippen LogP contribution is -2.19. The summed E-state index contributed by atoms with van der Waals surface area (Å²) < 4.78 is 0. The van der Waals surface area contributed by atoms with Gasteiger partial charge in [0.05, 0.1) is 6.04 Å². The summed E-state index contributed by atoms with van der Waals surface area (Å²) in [5.74, 6) is 0.891. The van der Waals surface area contributed by atoms with E-state index in [0.717, 1.165) is 22.0 Å². The summed E-state index contributed by atoms with van der Waals surface area (Å²) in [5, 5.41) is 4.00. The third-order valence-corrected chi connectivity index (χ3v) is 3.02. The molecule has 3 nitrogen and oxygen atoms in total. The molecule has 0 fully saturated rings. The van der Waals surface area contributed by atoms with Crippen LogP contribution in [0.5, 0.6) is 0 Å². The highest BCUT2D eigenvalue weighted by atomic mass is 35.5. The van der Waals surface area contributed by atoms with Gasteiger partial charge in [-0.25, -0.2) is 4.98 Å². The molecule has 1 aromatic heterocycles. The van der Waals surface area contributed by atoms with Gasteiger partial charge in [-0.05, 0) is 31.2 Å². The molecule has 0 radical (unpaired) electrons. The number of nitrogens with one attached hydrogen (secondary N) is 2. The van der Waals surface area contributed by atoms with E-state index in [1.807, 2.05) is 32.3 Å². The van der Waals surface area contributed by atoms with Crippen LogP contribution in [0.15, 0.2) is 30.6 Å². The van der Waals surface area contributed by atoms with Crippen molar-refractivity contribution in [2.75, 3.05) is 7.05 Å². The predicted molar refractivity (Wildman–Crippen MR) is 65.7 cm³/mol. The number of aromatic nitrogens is 2. The Morgan fingerprint density at radius 3 is 2.81 bits per heavy atom. The lowest BCUT2D eigenvalue weighted by molar-refractivity contribution is 0.655. The van der Waals surface area contributed by atoms with Crippen LogP contribution < -0.4 is 5.32 Å². The Hall–Kier alpha value is -1.32. The Morgan fingerprint density at radius 2 is 2.25 bits per heavy atom. The van der Waals surface area contributed by atoms with E-state index < -0.39 is 0 Å². The topological polar surface area (TPSA) is 40.7 Å². The molecule has 1 heterocycles. The van der Waals surface area contributed by atoms with E-state index in [1.165, 1.54) is 0 Å². The van der Waals surface area contributed by atoms with Crippen LogP contribution >= 0.6 is 11.6 Å². The maximum atomic E-state index is 6.12. The molecule has 4 heteroatoms. The molecule has 0 bridgehead atoms. The van der Waals surface area contributed by atoms with E-state index in [9.17, 15) is 0 Å². The molecule has 0 aliphatic rings. The zero-order chi connectivity index (χ0) is 11.5. The minimum Gasteiger partial charge on any atom is -0.347 e. The van der Waals surface area contributed by atoms with Crippen LogP contribution in [0.4, 0.5) is 0 Å². The summed E-state index contributed by atoms with van der Waals surface area (Å²) >= 11 is 6.12. The summed E-state index contributed by atoms with van der Waals surface area (Å²) in [6.45, 7) is 1.99. The molecule has 1 aromatic carbocycles. The lowest BCUT2D eigenvalue weighted by Gasteiger charge is -2.15. The molecular formula is C12H14ClN3. The normalized spacial score (nSPS) is 12.7. The van der Waals surface area contributed by atoms with Gasteiger partial charge in [0.1, 0.15) is 5.82 Å². The minimum absolute atomic E-state index is 0.0492. The number of H-pyrrole nitrogens is 1.